The highest BCUT2D eigenvalue weighted by atomic mass is 19.1. The molecule has 160 valence electrons. The minimum atomic E-state index is -0.814. The van der Waals surface area contributed by atoms with Gasteiger partial charge in [0.05, 0.1) is 30.2 Å². The van der Waals surface area contributed by atoms with Crippen molar-refractivity contribution >= 4 is 16.9 Å². The minimum Gasteiger partial charge on any atom is -0.450 e. The van der Waals surface area contributed by atoms with Crippen LogP contribution in [0.15, 0.2) is 51.7 Å². The van der Waals surface area contributed by atoms with Gasteiger partial charge in [-0.15, -0.1) is 0 Å². The van der Waals surface area contributed by atoms with E-state index in [1.807, 2.05) is 13.0 Å². The quantitative estimate of drug-likeness (QED) is 0.647. The average molecular weight is 422 g/mol. The van der Waals surface area contributed by atoms with Gasteiger partial charge in [-0.2, -0.15) is 0 Å². The number of halogens is 1. The lowest BCUT2D eigenvalue weighted by Crippen LogP contribution is -2.42. The Labute approximate surface area is 178 Å². The molecule has 2 aliphatic rings. The van der Waals surface area contributed by atoms with Crippen LogP contribution in [-0.2, 0) is 4.74 Å². The van der Waals surface area contributed by atoms with Crippen LogP contribution in [0.5, 0.6) is 0 Å². The Balaban J connectivity index is 1.63. The number of hydrogen-bond acceptors (Lipinski definition) is 5. The normalized spacial score (nSPS) is 19.2. The molecular formula is C24H23FN2O4. The Morgan fingerprint density at radius 2 is 1.84 bits per heavy atom. The van der Waals surface area contributed by atoms with E-state index < -0.39 is 11.9 Å². The number of carbonyl (C=O) groups is 1. The molecule has 31 heavy (non-hydrogen) atoms. The molecule has 1 amide bonds. The van der Waals surface area contributed by atoms with E-state index in [9.17, 15) is 14.0 Å². The fourth-order valence-corrected chi connectivity index (χ4v) is 4.46. The first kappa shape index (κ1) is 19.9. The van der Waals surface area contributed by atoms with Crippen molar-refractivity contribution in [3.8, 4) is 0 Å². The van der Waals surface area contributed by atoms with Gasteiger partial charge in [-0.3, -0.25) is 14.5 Å². The first-order valence-corrected chi connectivity index (χ1v) is 10.5. The summed E-state index contributed by atoms with van der Waals surface area (Å²) in [7, 11) is 0. The Morgan fingerprint density at radius 3 is 2.61 bits per heavy atom. The number of morpholine rings is 1. The van der Waals surface area contributed by atoms with Crippen molar-refractivity contribution in [3.05, 3.63) is 81.0 Å². The number of benzene rings is 2. The molecule has 3 heterocycles. The van der Waals surface area contributed by atoms with E-state index in [1.54, 1.807) is 35.2 Å². The van der Waals surface area contributed by atoms with E-state index >= 15 is 0 Å². The van der Waals surface area contributed by atoms with Crippen LogP contribution in [0.3, 0.4) is 0 Å². The van der Waals surface area contributed by atoms with Crippen molar-refractivity contribution < 1.29 is 18.3 Å². The van der Waals surface area contributed by atoms with Crippen LogP contribution in [0, 0.1) is 12.7 Å². The van der Waals surface area contributed by atoms with Crippen molar-refractivity contribution in [2.45, 2.75) is 13.0 Å². The lowest BCUT2D eigenvalue weighted by molar-refractivity contribution is 0.0314. The number of carbonyl (C=O) groups excluding carboxylic acids is 1. The number of rotatable bonds is 4. The van der Waals surface area contributed by atoms with Crippen molar-refractivity contribution in [3.63, 3.8) is 0 Å². The molecule has 0 N–H and O–H groups in total. The number of aryl methyl sites for hydroxylation is 1. The highest BCUT2D eigenvalue weighted by Crippen LogP contribution is 2.38. The largest absolute Gasteiger partial charge is 0.450 e. The van der Waals surface area contributed by atoms with Crippen LogP contribution in [0.2, 0.25) is 0 Å². The Morgan fingerprint density at radius 1 is 1.06 bits per heavy atom. The van der Waals surface area contributed by atoms with E-state index in [1.165, 1.54) is 6.07 Å². The van der Waals surface area contributed by atoms with Crippen LogP contribution in [0.25, 0.3) is 11.0 Å². The summed E-state index contributed by atoms with van der Waals surface area (Å²) in [4.78, 5) is 30.6. The first-order valence-electron chi connectivity index (χ1n) is 10.5. The highest BCUT2D eigenvalue weighted by Gasteiger charge is 2.43. The molecule has 6 nitrogen and oxygen atoms in total. The molecule has 2 aromatic carbocycles. The van der Waals surface area contributed by atoms with Gasteiger partial charge in [-0.1, -0.05) is 29.8 Å². The molecule has 0 radical (unpaired) electrons. The minimum absolute atomic E-state index is 0.0107. The summed E-state index contributed by atoms with van der Waals surface area (Å²) in [5.41, 5.74) is 1.52. The standard InChI is InChI=1S/C24H23FN2O4/c1-15-6-7-19-17(14-15)22(28)20-21(16-4-2-3-5-18(16)25)27(24(29)23(20)31-19)9-8-26-10-12-30-13-11-26/h2-7,14,21H,8-13H2,1H3. The predicted octanol–water partition coefficient (Wildman–Crippen LogP) is 3.12. The number of nitrogens with zero attached hydrogens (tertiary/aromatic N) is 2. The molecule has 0 bridgehead atoms. The topological polar surface area (TPSA) is 63.0 Å². The average Bonchev–Trinajstić information content (AvgIpc) is 3.06. The van der Waals surface area contributed by atoms with E-state index in [0.29, 0.717) is 42.8 Å². The van der Waals surface area contributed by atoms with Crippen LogP contribution in [0.4, 0.5) is 4.39 Å². The van der Waals surface area contributed by atoms with Crippen molar-refractivity contribution in [1.29, 1.82) is 0 Å². The summed E-state index contributed by atoms with van der Waals surface area (Å²) in [6.45, 7) is 5.71. The zero-order valence-corrected chi connectivity index (χ0v) is 17.3. The van der Waals surface area contributed by atoms with Gasteiger partial charge in [0.25, 0.3) is 5.91 Å². The molecule has 7 heteroatoms. The predicted molar refractivity (Wildman–Crippen MR) is 114 cm³/mol. The molecule has 0 aliphatic carbocycles. The smallest absolute Gasteiger partial charge is 0.290 e. The number of amides is 1. The van der Waals surface area contributed by atoms with Gasteiger partial charge in [0, 0.05) is 31.7 Å². The van der Waals surface area contributed by atoms with Gasteiger partial charge in [0.15, 0.2) is 5.43 Å². The second kappa shape index (κ2) is 7.90. The second-order valence-corrected chi connectivity index (χ2v) is 8.05. The third-order valence-electron chi connectivity index (χ3n) is 6.08. The summed E-state index contributed by atoms with van der Waals surface area (Å²) < 4.78 is 26.2. The Kier molecular flexibility index (Phi) is 5.08. The van der Waals surface area contributed by atoms with E-state index in [0.717, 1.165) is 18.7 Å². The summed E-state index contributed by atoms with van der Waals surface area (Å²) in [6, 6.07) is 10.8. The van der Waals surface area contributed by atoms with Crippen molar-refractivity contribution in [2.75, 3.05) is 39.4 Å². The van der Waals surface area contributed by atoms with Gasteiger partial charge in [-0.25, -0.2) is 4.39 Å². The third-order valence-corrected chi connectivity index (χ3v) is 6.08. The van der Waals surface area contributed by atoms with Crippen LogP contribution < -0.4 is 5.43 Å². The second-order valence-electron chi connectivity index (χ2n) is 8.05. The lowest BCUT2D eigenvalue weighted by atomic mass is 9.97. The molecule has 1 saturated heterocycles. The van der Waals surface area contributed by atoms with E-state index in [4.69, 9.17) is 9.15 Å². The third kappa shape index (κ3) is 3.43. The van der Waals surface area contributed by atoms with Gasteiger partial charge >= 0.3 is 0 Å². The van der Waals surface area contributed by atoms with Crippen molar-refractivity contribution in [2.24, 2.45) is 0 Å². The van der Waals surface area contributed by atoms with Gasteiger partial charge in [0.1, 0.15) is 11.4 Å². The molecule has 3 aromatic rings. The maximum absolute atomic E-state index is 14.8. The molecule has 2 aliphatic heterocycles. The lowest BCUT2D eigenvalue weighted by Gasteiger charge is -2.31. The maximum atomic E-state index is 14.8. The molecule has 5 rings (SSSR count). The molecule has 0 spiro atoms. The van der Waals surface area contributed by atoms with E-state index in [2.05, 4.69) is 4.90 Å². The first-order chi connectivity index (χ1) is 15.0. The van der Waals surface area contributed by atoms with Gasteiger partial charge in [0.2, 0.25) is 5.76 Å². The number of fused-ring (bicyclic) bond motifs is 2. The van der Waals surface area contributed by atoms with Gasteiger partial charge in [-0.05, 0) is 25.1 Å². The van der Waals surface area contributed by atoms with Crippen LogP contribution in [0.1, 0.15) is 33.3 Å². The molecule has 1 atom stereocenters. The maximum Gasteiger partial charge on any atom is 0.290 e. The van der Waals surface area contributed by atoms with Crippen molar-refractivity contribution in [1.82, 2.24) is 9.80 Å². The summed E-state index contributed by atoms with van der Waals surface area (Å²) in [5, 5.41) is 0.405. The zero-order chi connectivity index (χ0) is 21.5. The van der Waals surface area contributed by atoms with E-state index in [-0.39, 0.29) is 22.7 Å². The fourth-order valence-electron chi connectivity index (χ4n) is 4.46. The van der Waals surface area contributed by atoms with Crippen LogP contribution >= 0.6 is 0 Å². The fraction of sp³-hybridized carbons (Fsp3) is 0.333. The summed E-state index contributed by atoms with van der Waals surface area (Å²) in [5.74, 6) is -0.819. The number of ether oxygens (including phenoxy) is 1. The van der Waals surface area contributed by atoms with Gasteiger partial charge < -0.3 is 14.1 Å². The molecule has 1 unspecified atom stereocenters. The monoisotopic (exact) mass is 422 g/mol. The zero-order valence-electron chi connectivity index (χ0n) is 17.3. The molecular weight excluding hydrogens is 399 g/mol. The highest BCUT2D eigenvalue weighted by molar-refractivity contribution is 5.99. The SMILES string of the molecule is Cc1ccc2oc3c(c(=O)c2c1)C(c1ccccc1F)N(CCN1CCOCC1)C3=O. The summed E-state index contributed by atoms with van der Waals surface area (Å²) >= 11 is 0. The Hall–Kier alpha value is -3.03. The number of hydrogen-bond donors (Lipinski definition) is 0. The molecule has 1 fully saturated rings. The Bertz CT molecular complexity index is 1220. The molecule has 0 saturated carbocycles. The molecule has 1 aromatic heterocycles. The summed E-state index contributed by atoms with van der Waals surface area (Å²) in [6.07, 6.45) is 0. The van der Waals surface area contributed by atoms with Crippen LogP contribution in [-0.4, -0.2) is 55.1 Å².